The third-order valence-corrected chi connectivity index (χ3v) is 6.72. The van der Waals surface area contributed by atoms with Gasteiger partial charge in [0.25, 0.3) is 0 Å². The summed E-state index contributed by atoms with van der Waals surface area (Å²) in [5, 5.41) is 0. The van der Waals surface area contributed by atoms with Crippen LogP contribution in [0.15, 0.2) is 72.5 Å². The van der Waals surface area contributed by atoms with Crippen LogP contribution in [0.3, 0.4) is 0 Å². The van der Waals surface area contributed by atoms with E-state index in [0.717, 1.165) is 6.42 Å². The Kier molecular flexibility index (Phi) is 5.27. The van der Waals surface area contributed by atoms with Gasteiger partial charge in [-0.2, -0.15) is 0 Å². The highest BCUT2D eigenvalue weighted by Gasteiger charge is 2.47. The molecule has 28 heavy (non-hydrogen) atoms. The Morgan fingerprint density at radius 3 is 2.43 bits per heavy atom. The topological polar surface area (TPSA) is 6.25 Å². The van der Waals surface area contributed by atoms with Crippen LogP contribution in [0.2, 0.25) is 0 Å². The first-order chi connectivity index (χ1) is 13.2. The fraction of sp³-hybridized carbons (Fsp3) is 0.423. The molecule has 1 atom stereocenters. The minimum Gasteiger partial charge on any atom is -0.347 e. The lowest BCUT2D eigenvalue weighted by Gasteiger charge is -2.23. The number of likely N-dealkylation sites (N-methyl/N-ethyl adjacent to an activating group) is 2. The van der Waals surface area contributed by atoms with Gasteiger partial charge < -0.3 is 4.90 Å². The first-order valence-corrected chi connectivity index (χ1v) is 10.3. The number of hydrogen-bond donors (Lipinski definition) is 0. The Morgan fingerprint density at radius 2 is 1.82 bits per heavy atom. The molecule has 0 aromatic heterocycles. The Morgan fingerprint density at radius 1 is 1.14 bits per heavy atom. The average molecular weight is 376 g/mol. The van der Waals surface area contributed by atoms with Crippen molar-refractivity contribution in [1.82, 2.24) is 0 Å². The highest BCUT2D eigenvalue weighted by atomic mass is 15.2. The number of nitrogens with zero attached hydrogens (tertiary/aromatic N) is 2. The van der Waals surface area contributed by atoms with Crippen molar-refractivity contribution >= 4 is 11.4 Å². The Labute approximate surface area is 171 Å². The molecule has 3 rings (SSSR count). The summed E-state index contributed by atoms with van der Waals surface area (Å²) in [6, 6.07) is 9.12. The van der Waals surface area contributed by atoms with E-state index in [4.69, 9.17) is 0 Å². The van der Waals surface area contributed by atoms with E-state index in [-0.39, 0.29) is 10.8 Å². The number of benzene rings is 1. The van der Waals surface area contributed by atoms with Crippen molar-refractivity contribution in [2.75, 3.05) is 19.0 Å². The molecular formula is C26H35N2+. The molecule has 2 aliphatic heterocycles. The van der Waals surface area contributed by atoms with Gasteiger partial charge >= 0.3 is 0 Å². The van der Waals surface area contributed by atoms with Crippen molar-refractivity contribution in [2.24, 2.45) is 5.41 Å². The number of para-hydroxylation sites is 1. The van der Waals surface area contributed by atoms with Gasteiger partial charge in [-0.25, -0.2) is 4.58 Å². The lowest BCUT2D eigenvalue weighted by Crippen LogP contribution is -2.23. The van der Waals surface area contributed by atoms with Crippen LogP contribution in [0, 0.1) is 5.41 Å². The van der Waals surface area contributed by atoms with Gasteiger partial charge in [-0.15, -0.1) is 6.58 Å². The molecule has 1 unspecified atom stereocenters. The zero-order chi connectivity index (χ0) is 20.7. The van der Waals surface area contributed by atoms with Crippen LogP contribution >= 0.6 is 0 Å². The van der Waals surface area contributed by atoms with Gasteiger partial charge in [-0.05, 0) is 38.5 Å². The van der Waals surface area contributed by atoms with E-state index in [9.17, 15) is 0 Å². The van der Waals surface area contributed by atoms with Crippen LogP contribution in [0.1, 0.15) is 46.6 Å². The van der Waals surface area contributed by atoms with E-state index in [1.54, 1.807) is 0 Å². The van der Waals surface area contributed by atoms with Gasteiger partial charge in [-0.3, -0.25) is 0 Å². The molecule has 0 fully saturated rings. The molecule has 0 aliphatic carbocycles. The molecule has 1 aromatic rings. The number of hydrogen-bond acceptors (Lipinski definition) is 1. The SMILES string of the molecule is C=CCC1/C(=C\C)C(C)(C)C(/C=C/C=C2\N(C)c3ccccc3C2(C)C)=[N+]1C. The van der Waals surface area contributed by atoms with Crippen molar-refractivity contribution in [3.05, 3.63) is 78.1 Å². The summed E-state index contributed by atoms with van der Waals surface area (Å²) in [6.45, 7) is 15.4. The third-order valence-electron chi connectivity index (χ3n) is 6.72. The van der Waals surface area contributed by atoms with Crippen LogP contribution in [0.25, 0.3) is 0 Å². The summed E-state index contributed by atoms with van der Waals surface area (Å²) in [5.41, 5.74) is 6.92. The molecule has 0 bridgehead atoms. The van der Waals surface area contributed by atoms with Crippen molar-refractivity contribution in [3.8, 4) is 0 Å². The quantitative estimate of drug-likeness (QED) is 0.471. The van der Waals surface area contributed by atoms with Crippen LogP contribution in [-0.2, 0) is 5.41 Å². The molecule has 1 aromatic carbocycles. The molecule has 0 amide bonds. The van der Waals surface area contributed by atoms with Crippen molar-refractivity contribution < 1.29 is 4.58 Å². The standard InChI is InChI=1S/C26H35N2/c1-9-14-21-19(10-2)25(3,4)23(27(21)7)17-13-18-24-26(5,6)20-15-11-12-16-22(20)28(24)8/h9-13,15-18,21H,1,14H2,2-8H3/q+1/b19-10+. The van der Waals surface area contributed by atoms with Gasteiger partial charge in [0.15, 0.2) is 11.8 Å². The normalized spacial score (nSPS) is 26.0. The van der Waals surface area contributed by atoms with Crippen LogP contribution in [-0.4, -0.2) is 30.4 Å². The van der Waals surface area contributed by atoms with Crippen LogP contribution < -0.4 is 4.90 Å². The van der Waals surface area contributed by atoms with E-state index in [0.29, 0.717) is 6.04 Å². The summed E-state index contributed by atoms with van der Waals surface area (Å²) in [6.07, 6.45) is 12.1. The smallest absolute Gasteiger partial charge is 0.186 e. The maximum Gasteiger partial charge on any atom is 0.186 e. The molecule has 2 heterocycles. The zero-order valence-electron chi connectivity index (χ0n) is 18.6. The van der Waals surface area contributed by atoms with Crippen molar-refractivity contribution in [2.45, 2.75) is 52.5 Å². The lowest BCUT2D eigenvalue weighted by molar-refractivity contribution is -0.520. The summed E-state index contributed by atoms with van der Waals surface area (Å²) in [4.78, 5) is 2.33. The number of allylic oxidation sites excluding steroid dienone is 5. The molecule has 2 heteroatoms. The molecule has 2 nitrogen and oxygen atoms in total. The predicted octanol–water partition coefficient (Wildman–Crippen LogP) is 5.87. The molecule has 0 saturated heterocycles. The summed E-state index contributed by atoms with van der Waals surface area (Å²) in [7, 11) is 4.38. The predicted molar refractivity (Wildman–Crippen MR) is 122 cm³/mol. The van der Waals surface area contributed by atoms with Gasteiger partial charge in [0.1, 0.15) is 7.05 Å². The van der Waals surface area contributed by atoms with Gasteiger partial charge in [0.2, 0.25) is 0 Å². The van der Waals surface area contributed by atoms with Crippen LogP contribution in [0.4, 0.5) is 5.69 Å². The highest BCUT2D eigenvalue weighted by molar-refractivity contribution is 5.99. The summed E-state index contributed by atoms with van der Waals surface area (Å²) < 4.78 is 2.42. The molecule has 2 aliphatic rings. The fourth-order valence-electron chi connectivity index (χ4n) is 5.24. The maximum absolute atomic E-state index is 3.96. The average Bonchev–Trinajstić information content (AvgIpc) is 2.95. The second-order valence-corrected chi connectivity index (χ2v) is 9.02. The minimum absolute atomic E-state index is 0.0112. The first-order valence-electron chi connectivity index (χ1n) is 10.3. The lowest BCUT2D eigenvalue weighted by atomic mass is 9.78. The van der Waals surface area contributed by atoms with Gasteiger partial charge in [0, 0.05) is 41.9 Å². The monoisotopic (exact) mass is 375 g/mol. The molecule has 0 spiro atoms. The Balaban J connectivity index is 1.97. The minimum atomic E-state index is 0.0112. The molecule has 0 N–H and O–H groups in total. The fourth-order valence-corrected chi connectivity index (χ4v) is 5.24. The van der Waals surface area contributed by atoms with E-state index in [1.807, 2.05) is 6.08 Å². The molecule has 148 valence electrons. The van der Waals surface area contributed by atoms with Crippen LogP contribution in [0.5, 0.6) is 0 Å². The number of fused-ring (bicyclic) bond motifs is 1. The molecular weight excluding hydrogens is 340 g/mol. The van der Waals surface area contributed by atoms with E-state index in [1.165, 1.54) is 28.2 Å². The van der Waals surface area contributed by atoms with E-state index >= 15 is 0 Å². The molecule has 0 radical (unpaired) electrons. The highest BCUT2D eigenvalue weighted by Crippen LogP contribution is 2.46. The number of rotatable bonds is 4. The van der Waals surface area contributed by atoms with Crippen molar-refractivity contribution in [1.29, 1.82) is 0 Å². The third kappa shape index (κ3) is 2.99. The molecule has 0 saturated carbocycles. The summed E-state index contributed by atoms with van der Waals surface area (Å²) >= 11 is 0. The van der Waals surface area contributed by atoms with E-state index < -0.39 is 0 Å². The zero-order valence-corrected chi connectivity index (χ0v) is 18.6. The first kappa shape index (κ1) is 20.4. The Bertz CT molecular complexity index is 906. The van der Waals surface area contributed by atoms with E-state index in [2.05, 4.69) is 113 Å². The largest absolute Gasteiger partial charge is 0.347 e. The second kappa shape index (κ2) is 7.24. The number of anilines is 1. The van der Waals surface area contributed by atoms with Gasteiger partial charge in [-0.1, -0.05) is 50.3 Å². The second-order valence-electron chi connectivity index (χ2n) is 9.02. The van der Waals surface area contributed by atoms with Crippen molar-refractivity contribution in [3.63, 3.8) is 0 Å². The maximum atomic E-state index is 3.96. The summed E-state index contributed by atoms with van der Waals surface area (Å²) in [5.74, 6) is 0. The Hall–Kier alpha value is -2.35. The van der Waals surface area contributed by atoms with Gasteiger partial charge in [0.05, 0.1) is 5.41 Å².